The molecule has 2 aliphatic rings. The first-order valence-corrected chi connectivity index (χ1v) is 14.9. The molecule has 0 aromatic carbocycles. The maximum atomic E-state index is 12.7. The summed E-state index contributed by atoms with van der Waals surface area (Å²) in [4.78, 5) is 61.1. The van der Waals surface area contributed by atoms with E-state index in [1.165, 1.54) is 13.0 Å². The molecule has 16 heteroatoms. The van der Waals surface area contributed by atoms with Crippen molar-refractivity contribution in [2.24, 2.45) is 11.8 Å². The topological polar surface area (TPSA) is 220 Å². The van der Waals surface area contributed by atoms with Crippen LogP contribution >= 0.6 is 0 Å². The first kappa shape index (κ1) is 39.0. The van der Waals surface area contributed by atoms with Crippen LogP contribution in [-0.4, -0.2) is 120 Å². The second kappa shape index (κ2) is 17.1. The van der Waals surface area contributed by atoms with Gasteiger partial charge in [-0.2, -0.15) is 0 Å². The van der Waals surface area contributed by atoms with Gasteiger partial charge in [0, 0.05) is 25.8 Å². The number of carbonyl (C=O) groups is 5. The predicted molar refractivity (Wildman–Crippen MR) is 153 cm³/mol. The number of hydrogen-bond donors (Lipinski definition) is 3. The largest absolute Gasteiger partial charge is 0.463 e. The molecule has 0 amide bonds. The number of esters is 5. The van der Waals surface area contributed by atoms with Gasteiger partial charge in [-0.15, -0.1) is 0 Å². The van der Waals surface area contributed by atoms with Gasteiger partial charge in [0.15, 0.2) is 18.3 Å². The van der Waals surface area contributed by atoms with Gasteiger partial charge in [0.05, 0.1) is 5.92 Å². The SMILES string of the molecule is C/C=C(\C)C(=O)O[C@@H]1[C@H](O[C@@]2(COC(=O)CC(C)C)O[C@@H](COC(=O)C(C)C)[C@H](OC(C)=O)[C@H]2O)O[C@@H](COC(C)=O)[C@H](O)[C@H]1O. The summed E-state index contributed by atoms with van der Waals surface area (Å²) in [5.41, 5.74) is 0.124. The average molecular weight is 663 g/mol. The van der Waals surface area contributed by atoms with Crippen molar-refractivity contribution in [3.63, 3.8) is 0 Å². The molecule has 46 heavy (non-hydrogen) atoms. The molecule has 2 heterocycles. The van der Waals surface area contributed by atoms with Crippen LogP contribution in [0.5, 0.6) is 0 Å². The maximum absolute atomic E-state index is 12.7. The minimum absolute atomic E-state index is 0.0346. The highest BCUT2D eigenvalue weighted by molar-refractivity contribution is 5.87. The van der Waals surface area contributed by atoms with Crippen molar-refractivity contribution in [3.05, 3.63) is 11.6 Å². The first-order chi connectivity index (χ1) is 21.4. The molecule has 2 fully saturated rings. The van der Waals surface area contributed by atoms with E-state index in [4.69, 9.17) is 37.9 Å². The van der Waals surface area contributed by atoms with Crippen molar-refractivity contribution in [1.82, 2.24) is 0 Å². The third-order valence-electron chi connectivity index (χ3n) is 7.06. The minimum atomic E-state index is -2.44. The van der Waals surface area contributed by atoms with Crippen LogP contribution in [-0.2, 0) is 61.9 Å². The van der Waals surface area contributed by atoms with E-state index in [1.54, 1.807) is 34.6 Å². The van der Waals surface area contributed by atoms with E-state index in [0.29, 0.717) is 0 Å². The Morgan fingerprint density at radius 3 is 2.00 bits per heavy atom. The fourth-order valence-corrected chi connectivity index (χ4v) is 4.46. The highest BCUT2D eigenvalue weighted by atomic mass is 16.8. The number of aliphatic hydroxyl groups excluding tert-OH is 3. The van der Waals surface area contributed by atoms with Crippen LogP contribution in [0.2, 0.25) is 0 Å². The Kier molecular flexibility index (Phi) is 14.5. The molecule has 0 unspecified atom stereocenters. The van der Waals surface area contributed by atoms with Crippen LogP contribution in [0.4, 0.5) is 0 Å². The van der Waals surface area contributed by atoms with Gasteiger partial charge in [-0.25, -0.2) is 4.79 Å². The quantitative estimate of drug-likeness (QED) is 0.127. The van der Waals surface area contributed by atoms with Crippen LogP contribution in [0.1, 0.15) is 61.8 Å². The van der Waals surface area contributed by atoms with Gasteiger partial charge in [-0.3, -0.25) is 19.2 Å². The summed E-state index contributed by atoms with van der Waals surface area (Å²) in [5.74, 6) is -6.94. The lowest BCUT2D eigenvalue weighted by atomic mass is 9.98. The molecule has 0 saturated carbocycles. The van der Waals surface area contributed by atoms with Gasteiger partial charge in [0.1, 0.15) is 44.2 Å². The molecular formula is C30H46O16. The zero-order valence-electron chi connectivity index (χ0n) is 27.3. The second-order valence-electron chi connectivity index (χ2n) is 11.8. The Hall–Kier alpha value is -3.15. The Morgan fingerprint density at radius 2 is 1.46 bits per heavy atom. The Morgan fingerprint density at radius 1 is 0.826 bits per heavy atom. The van der Waals surface area contributed by atoms with E-state index >= 15 is 0 Å². The summed E-state index contributed by atoms with van der Waals surface area (Å²) < 4.78 is 44.2. The van der Waals surface area contributed by atoms with Crippen molar-refractivity contribution in [3.8, 4) is 0 Å². The lowest BCUT2D eigenvalue weighted by Crippen LogP contribution is -2.64. The number of rotatable bonds is 14. The molecule has 9 atom stereocenters. The fourth-order valence-electron chi connectivity index (χ4n) is 4.46. The minimum Gasteiger partial charge on any atom is -0.463 e. The summed E-state index contributed by atoms with van der Waals surface area (Å²) in [7, 11) is 0. The molecule has 262 valence electrons. The van der Waals surface area contributed by atoms with E-state index in [1.807, 2.05) is 0 Å². The van der Waals surface area contributed by atoms with Crippen LogP contribution in [0.15, 0.2) is 11.6 Å². The van der Waals surface area contributed by atoms with Gasteiger partial charge < -0.3 is 53.2 Å². The molecule has 0 bridgehead atoms. The Balaban J connectivity index is 2.58. The van der Waals surface area contributed by atoms with Gasteiger partial charge in [0.25, 0.3) is 0 Å². The molecule has 0 aromatic rings. The highest BCUT2D eigenvalue weighted by Crippen LogP contribution is 2.39. The molecule has 0 aromatic heterocycles. The standard InChI is InChI=1S/C30H46O16/c1-9-16(6)28(38)44-25-23(35)22(34)19(11-39-17(7)31)43-29(25)46-30(13-41-21(33)10-14(2)3)26(36)24(42-18(8)32)20(45-30)12-40-27(37)15(4)5/h9,14-15,19-20,22-26,29,34-36H,10-13H2,1-8H3/b16-9+/t19-,20-,22-,23+,24-,25-,26+,29-,30+/m0/s1. The fraction of sp³-hybridized carbons (Fsp3) is 0.767. The number of aliphatic hydroxyl groups is 3. The number of allylic oxidation sites excluding steroid dienone is 1. The number of hydrogen-bond acceptors (Lipinski definition) is 16. The van der Waals surface area contributed by atoms with Gasteiger partial charge >= 0.3 is 29.8 Å². The van der Waals surface area contributed by atoms with Crippen molar-refractivity contribution in [2.75, 3.05) is 19.8 Å². The molecule has 0 aliphatic carbocycles. The van der Waals surface area contributed by atoms with Gasteiger partial charge in [0.2, 0.25) is 12.1 Å². The monoisotopic (exact) mass is 662 g/mol. The van der Waals surface area contributed by atoms with E-state index < -0.39 is 110 Å². The van der Waals surface area contributed by atoms with Crippen LogP contribution in [0.3, 0.4) is 0 Å². The van der Waals surface area contributed by atoms with Crippen LogP contribution < -0.4 is 0 Å². The summed E-state index contributed by atoms with van der Waals surface area (Å²) in [6.45, 7) is 9.93. The number of carbonyl (C=O) groups excluding carboxylic acids is 5. The highest BCUT2D eigenvalue weighted by Gasteiger charge is 2.62. The summed E-state index contributed by atoms with van der Waals surface area (Å²) in [6, 6.07) is 0. The summed E-state index contributed by atoms with van der Waals surface area (Å²) >= 11 is 0. The zero-order valence-corrected chi connectivity index (χ0v) is 27.3. The summed E-state index contributed by atoms with van der Waals surface area (Å²) in [6.07, 6.45) is -12.2. The molecule has 3 N–H and O–H groups in total. The maximum Gasteiger partial charge on any atom is 0.333 e. The van der Waals surface area contributed by atoms with E-state index in [0.717, 1.165) is 13.8 Å². The lowest BCUT2D eigenvalue weighted by molar-refractivity contribution is -0.384. The van der Waals surface area contributed by atoms with Crippen molar-refractivity contribution in [1.29, 1.82) is 0 Å². The third-order valence-corrected chi connectivity index (χ3v) is 7.06. The lowest BCUT2D eigenvalue weighted by Gasteiger charge is -2.44. The van der Waals surface area contributed by atoms with Crippen molar-refractivity contribution >= 4 is 29.8 Å². The second-order valence-corrected chi connectivity index (χ2v) is 11.8. The smallest absolute Gasteiger partial charge is 0.333 e. The van der Waals surface area contributed by atoms with Gasteiger partial charge in [-0.05, 0) is 19.8 Å². The molecule has 2 rings (SSSR count). The van der Waals surface area contributed by atoms with E-state index in [2.05, 4.69) is 0 Å². The average Bonchev–Trinajstić information content (AvgIpc) is 3.22. The first-order valence-electron chi connectivity index (χ1n) is 14.9. The molecule has 2 aliphatic heterocycles. The normalized spacial score (nSPS) is 31.4. The molecular weight excluding hydrogens is 616 g/mol. The molecule has 0 spiro atoms. The molecule has 16 nitrogen and oxygen atoms in total. The zero-order chi connectivity index (χ0) is 34.9. The van der Waals surface area contributed by atoms with Crippen LogP contribution in [0.25, 0.3) is 0 Å². The molecule has 0 radical (unpaired) electrons. The van der Waals surface area contributed by atoms with E-state index in [-0.39, 0.29) is 17.9 Å². The Labute approximate surface area is 267 Å². The third kappa shape index (κ3) is 10.4. The Bertz CT molecular complexity index is 1120. The number of ether oxygens (including phenoxy) is 8. The van der Waals surface area contributed by atoms with Crippen LogP contribution in [0, 0.1) is 11.8 Å². The molecule has 2 saturated heterocycles. The van der Waals surface area contributed by atoms with Crippen molar-refractivity contribution in [2.45, 2.75) is 117 Å². The van der Waals surface area contributed by atoms with E-state index in [9.17, 15) is 39.3 Å². The van der Waals surface area contributed by atoms with Crippen molar-refractivity contribution < 1.29 is 77.2 Å². The summed E-state index contributed by atoms with van der Waals surface area (Å²) in [5, 5.41) is 33.4. The van der Waals surface area contributed by atoms with Gasteiger partial charge in [-0.1, -0.05) is 33.8 Å². The predicted octanol–water partition coefficient (Wildman–Crippen LogP) is 0.0670.